The summed E-state index contributed by atoms with van der Waals surface area (Å²) in [5, 5.41) is 2.46. The van der Waals surface area contributed by atoms with Gasteiger partial charge in [0.25, 0.3) is 10.0 Å². The van der Waals surface area contributed by atoms with E-state index >= 15 is 0 Å². The second-order valence-corrected chi connectivity index (χ2v) is 9.33. The maximum absolute atomic E-state index is 13.0. The molecule has 0 bridgehead atoms. The standard InChI is InChI=1S/C20H22F3N3O5S/c1-19(2,3)31-18(28)24-13-14-8-7-9-15(12-14)26(25-17(27)20(21,22)23)32(29,30)16-10-5-4-6-11-16/h4-12H,13H2,1-3H3,(H,24,28)(H,25,27). The molecular weight excluding hydrogens is 451 g/mol. The number of hydrazine groups is 1. The fourth-order valence-electron chi connectivity index (χ4n) is 2.40. The SMILES string of the molecule is CC(C)(C)OC(=O)NCc1cccc(N(NC(=O)C(F)(F)F)S(=O)(=O)c2ccccc2)c1. The molecule has 0 aliphatic heterocycles. The number of anilines is 1. The summed E-state index contributed by atoms with van der Waals surface area (Å²) in [5.41, 5.74) is 0.744. The summed E-state index contributed by atoms with van der Waals surface area (Å²) in [5.74, 6) is -2.46. The second kappa shape index (κ2) is 9.47. The van der Waals surface area contributed by atoms with Gasteiger partial charge in [0.05, 0.1) is 10.6 Å². The van der Waals surface area contributed by atoms with Gasteiger partial charge in [0.15, 0.2) is 0 Å². The molecule has 0 saturated heterocycles. The summed E-state index contributed by atoms with van der Waals surface area (Å²) in [6, 6.07) is 12.0. The number of benzene rings is 2. The molecular formula is C20H22F3N3O5S. The fourth-order valence-corrected chi connectivity index (χ4v) is 3.70. The van der Waals surface area contributed by atoms with Gasteiger partial charge in [-0.25, -0.2) is 10.2 Å². The Morgan fingerprint density at radius 2 is 1.62 bits per heavy atom. The predicted octanol–water partition coefficient (Wildman–Crippen LogP) is 3.50. The highest BCUT2D eigenvalue weighted by atomic mass is 32.2. The van der Waals surface area contributed by atoms with Gasteiger partial charge in [-0.05, 0) is 50.6 Å². The average molecular weight is 473 g/mol. The smallest absolute Gasteiger partial charge is 0.444 e. The fraction of sp³-hybridized carbons (Fsp3) is 0.300. The van der Waals surface area contributed by atoms with Gasteiger partial charge in [0, 0.05) is 6.54 Å². The van der Waals surface area contributed by atoms with Gasteiger partial charge in [-0.1, -0.05) is 30.3 Å². The van der Waals surface area contributed by atoms with E-state index < -0.39 is 33.8 Å². The number of halogens is 3. The molecule has 0 aliphatic carbocycles. The third kappa shape index (κ3) is 6.87. The van der Waals surface area contributed by atoms with Crippen molar-refractivity contribution in [3.05, 3.63) is 60.2 Å². The number of carbonyl (C=O) groups is 2. The van der Waals surface area contributed by atoms with E-state index in [1.54, 1.807) is 20.8 Å². The van der Waals surface area contributed by atoms with Crippen LogP contribution >= 0.6 is 0 Å². The first-order valence-electron chi connectivity index (χ1n) is 9.24. The molecule has 12 heteroatoms. The first kappa shape index (κ1) is 25.0. The molecule has 0 unspecified atom stereocenters. The highest BCUT2D eigenvalue weighted by Crippen LogP contribution is 2.24. The van der Waals surface area contributed by atoms with Crippen molar-refractivity contribution in [2.24, 2.45) is 0 Å². The Hall–Kier alpha value is -3.28. The van der Waals surface area contributed by atoms with Crippen LogP contribution in [-0.2, 0) is 26.1 Å². The maximum atomic E-state index is 13.0. The summed E-state index contributed by atoms with van der Waals surface area (Å²) in [6.45, 7) is 4.91. The lowest BCUT2D eigenvalue weighted by molar-refractivity contribution is -0.173. The molecule has 2 rings (SSSR count). The minimum atomic E-state index is -5.32. The third-order valence-electron chi connectivity index (χ3n) is 3.72. The third-order valence-corrected chi connectivity index (χ3v) is 5.37. The number of alkyl carbamates (subject to hydrolysis) is 1. The average Bonchev–Trinajstić information content (AvgIpc) is 2.69. The van der Waals surface area contributed by atoms with Gasteiger partial charge in [-0.3, -0.25) is 4.79 Å². The number of hydrogen-bond donors (Lipinski definition) is 2. The molecule has 0 saturated carbocycles. The van der Waals surface area contributed by atoms with Crippen LogP contribution in [0.25, 0.3) is 0 Å². The Morgan fingerprint density at radius 1 is 1.00 bits per heavy atom. The summed E-state index contributed by atoms with van der Waals surface area (Å²) in [4.78, 5) is 23.0. The Morgan fingerprint density at radius 3 is 2.19 bits per heavy atom. The summed E-state index contributed by atoms with van der Waals surface area (Å²) in [7, 11) is -4.59. The number of rotatable bonds is 6. The Balaban J connectivity index is 2.37. The zero-order valence-electron chi connectivity index (χ0n) is 17.4. The van der Waals surface area contributed by atoms with Crippen molar-refractivity contribution in [1.29, 1.82) is 0 Å². The van der Waals surface area contributed by atoms with Crippen LogP contribution in [0.3, 0.4) is 0 Å². The van der Waals surface area contributed by atoms with Gasteiger partial charge >= 0.3 is 18.2 Å². The molecule has 0 atom stereocenters. The zero-order chi connectivity index (χ0) is 24.2. The maximum Gasteiger partial charge on any atom is 0.472 e. The van der Waals surface area contributed by atoms with Crippen LogP contribution in [0.1, 0.15) is 26.3 Å². The predicted molar refractivity (Wildman–Crippen MR) is 110 cm³/mol. The van der Waals surface area contributed by atoms with Gasteiger partial charge in [-0.2, -0.15) is 26.0 Å². The van der Waals surface area contributed by atoms with E-state index in [1.165, 1.54) is 60.0 Å². The number of nitrogens with zero attached hydrogens (tertiary/aromatic N) is 1. The molecule has 0 spiro atoms. The lowest BCUT2D eigenvalue weighted by Gasteiger charge is -2.25. The Bertz CT molecular complexity index is 1070. The molecule has 2 amide bonds. The van der Waals surface area contributed by atoms with E-state index in [0.29, 0.717) is 5.56 Å². The molecule has 8 nitrogen and oxygen atoms in total. The van der Waals surface area contributed by atoms with E-state index in [4.69, 9.17) is 4.74 Å². The Labute approximate surface area is 183 Å². The largest absolute Gasteiger partial charge is 0.472 e. The van der Waals surface area contributed by atoms with Crippen LogP contribution in [0.5, 0.6) is 0 Å². The van der Waals surface area contributed by atoms with Gasteiger partial charge in [0.2, 0.25) is 0 Å². The normalized spacial score (nSPS) is 12.1. The van der Waals surface area contributed by atoms with E-state index in [-0.39, 0.29) is 21.5 Å². The summed E-state index contributed by atoms with van der Waals surface area (Å²) < 4.78 is 69.8. The second-order valence-electron chi connectivity index (χ2n) is 7.55. The van der Waals surface area contributed by atoms with Crippen LogP contribution in [0, 0.1) is 0 Å². The zero-order valence-corrected chi connectivity index (χ0v) is 18.3. The van der Waals surface area contributed by atoms with Crippen molar-refractivity contribution in [2.75, 3.05) is 4.41 Å². The van der Waals surface area contributed by atoms with Crippen LogP contribution in [0.2, 0.25) is 0 Å². The van der Waals surface area contributed by atoms with Gasteiger partial charge in [-0.15, -0.1) is 0 Å². The van der Waals surface area contributed by atoms with Crippen molar-refractivity contribution in [1.82, 2.24) is 10.7 Å². The molecule has 0 aromatic heterocycles. The molecule has 174 valence electrons. The number of alkyl halides is 3. The van der Waals surface area contributed by atoms with Gasteiger partial charge < -0.3 is 10.1 Å². The minimum absolute atomic E-state index is 0.102. The lowest BCUT2D eigenvalue weighted by Crippen LogP contribution is -2.51. The van der Waals surface area contributed by atoms with Crippen molar-refractivity contribution in [2.45, 2.75) is 44.0 Å². The number of ether oxygens (including phenoxy) is 1. The van der Waals surface area contributed by atoms with E-state index in [1.807, 2.05) is 0 Å². The van der Waals surface area contributed by atoms with Crippen molar-refractivity contribution >= 4 is 27.7 Å². The number of amides is 2. The number of nitrogens with one attached hydrogen (secondary N) is 2. The highest BCUT2D eigenvalue weighted by Gasteiger charge is 2.42. The first-order chi connectivity index (χ1) is 14.7. The molecule has 32 heavy (non-hydrogen) atoms. The van der Waals surface area contributed by atoms with E-state index in [0.717, 1.165) is 0 Å². The van der Waals surface area contributed by atoms with Crippen LogP contribution in [-0.4, -0.2) is 32.2 Å². The van der Waals surface area contributed by atoms with Crippen LogP contribution in [0.4, 0.5) is 23.7 Å². The van der Waals surface area contributed by atoms with Crippen LogP contribution in [0.15, 0.2) is 59.5 Å². The number of sulfonamides is 1. The molecule has 0 heterocycles. The highest BCUT2D eigenvalue weighted by molar-refractivity contribution is 7.92. The minimum Gasteiger partial charge on any atom is -0.444 e. The lowest BCUT2D eigenvalue weighted by atomic mass is 10.2. The molecule has 2 N–H and O–H groups in total. The summed E-state index contributed by atoms with van der Waals surface area (Å²) in [6.07, 6.45) is -6.05. The number of hydrogen-bond acceptors (Lipinski definition) is 5. The van der Waals surface area contributed by atoms with E-state index in [9.17, 15) is 31.2 Å². The molecule has 2 aromatic carbocycles. The topological polar surface area (TPSA) is 105 Å². The van der Waals surface area contributed by atoms with E-state index in [2.05, 4.69) is 5.32 Å². The van der Waals surface area contributed by atoms with Crippen molar-refractivity contribution in [3.63, 3.8) is 0 Å². The monoisotopic (exact) mass is 473 g/mol. The van der Waals surface area contributed by atoms with Crippen molar-refractivity contribution in [3.8, 4) is 0 Å². The Kier molecular flexibility index (Phi) is 7.39. The quantitative estimate of drug-likeness (QED) is 0.625. The molecule has 2 aromatic rings. The first-order valence-corrected chi connectivity index (χ1v) is 10.7. The molecule has 0 aliphatic rings. The number of carbonyl (C=O) groups excluding carboxylic acids is 2. The molecule has 0 fully saturated rings. The van der Waals surface area contributed by atoms with Gasteiger partial charge in [0.1, 0.15) is 5.60 Å². The van der Waals surface area contributed by atoms with Crippen LogP contribution < -0.4 is 15.2 Å². The van der Waals surface area contributed by atoms with Crippen molar-refractivity contribution < 1.29 is 35.9 Å². The molecule has 0 radical (unpaired) electrons. The summed E-state index contributed by atoms with van der Waals surface area (Å²) >= 11 is 0.